The maximum atomic E-state index is 13.5. The quantitative estimate of drug-likeness (QED) is 0.399. The molecule has 2 aromatic carbocycles. The van der Waals surface area contributed by atoms with Gasteiger partial charge in [0.05, 0.1) is 11.8 Å². The number of para-hydroxylation sites is 1. The Bertz CT molecular complexity index is 1110. The van der Waals surface area contributed by atoms with Crippen LogP contribution in [0.4, 0.5) is 4.39 Å². The fourth-order valence-electron chi connectivity index (χ4n) is 3.95. The van der Waals surface area contributed by atoms with Crippen LogP contribution in [0.5, 0.6) is 0 Å². The SMILES string of the molecule is CO[C@@H](CC(C)=O)CC(=O)/C=C/c1c(-c2ccc(F)cc2)c2ccccc2n1C(C)C. The van der Waals surface area contributed by atoms with Crippen molar-refractivity contribution in [3.05, 3.63) is 66.1 Å². The molecule has 0 bridgehead atoms. The number of carbonyl (C=O) groups is 2. The molecule has 0 aliphatic carbocycles. The summed E-state index contributed by atoms with van der Waals surface area (Å²) in [6.45, 7) is 5.67. The molecule has 1 heterocycles. The summed E-state index contributed by atoms with van der Waals surface area (Å²) in [5.74, 6) is -0.416. The largest absolute Gasteiger partial charge is 0.381 e. The zero-order valence-electron chi connectivity index (χ0n) is 18.4. The molecule has 1 aromatic heterocycles. The van der Waals surface area contributed by atoms with Gasteiger partial charge in [0.15, 0.2) is 5.78 Å². The van der Waals surface area contributed by atoms with E-state index in [1.165, 1.54) is 26.2 Å². The summed E-state index contributed by atoms with van der Waals surface area (Å²) in [5.41, 5.74) is 3.78. The molecular weight excluding hydrogens is 393 g/mol. The van der Waals surface area contributed by atoms with Crippen LogP contribution in [0.2, 0.25) is 0 Å². The Morgan fingerprint density at radius 3 is 2.35 bits per heavy atom. The number of ether oxygens (including phenoxy) is 1. The van der Waals surface area contributed by atoms with Gasteiger partial charge in [-0.2, -0.15) is 0 Å². The molecular formula is C26H28FNO3. The number of benzene rings is 2. The summed E-state index contributed by atoms with van der Waals surface area (Å²) in [6.07, 6.45) is 3.29. The fraction of sp³-hybridized carbons (Fsp3) is 0.308. The van der Waals surface area contributed by atoms with E-state index in [0.29, 0.717) is 0 Å². The zero-order chi connectivity index (χ0) is 22.5. The molecule has 3 rings (SSSR count). The van der Waals surface area contributed by atoms with E-state index in [4.69, 9.17) is 4.74 Å². The number of carbonyl (C=O) groups excluding carboxylic acids is 2. The number of nitrogens with zero attached hydrogens (tertiary/aromatic N) is 1. The van der Waals surface area contributed by atoms with Crippen molar-refractivity contribution in [1.82, 2.24) is 4.57 Å². The molecule has 0 amide bonds. The molecule has 31 heavy (non-hydrogen) atoms. The molecule has 0 aliphatic heterocycles. The van der Waals surface area contributed by atoms with Gasteiger partial charge in [-0.3, -0.25) is 9.59 Å². The molecule has 0 spiro atoms. The standard InChI is InChI=1S/C26H28FNO3/c1-17(2)28-24-8-6-5-7-23(24)26(19-9-11-20(27)12-10-19)25(28)14-13-21(30)16-22(31-4)15-18(3)29/h5-14,17,22H,15-16H2,1-4H3/b14-13+/t22-/m0/s1. The van der Waals surface area contributed by atoms with E-state index in [2.05, 4.69) is 24.5 Å². The molecule has 0 N–H and O–H groups in total. The van der Waals surface area contributed by atoms with E-state index >= 15 is 0 Å². The number of fused-ring (bicyclic) bond motifs is 1. The zero-order valence-corrected chi connectivity index (χ0v) is 18.4. The lowest BCUT2D eigenvalue weighted by Gasteiger charge is -2.14. The molecule has 5 heteroatoms. The van der Waals surface area contributed by atoms with Crippen LogP contribution in [-0.4, -0.2) is 29.3 Å². The Kier molecular flexibility index (Phi) is 7.18. The summed E-state index contributed by atoms with van der Waals surface area (Å²) in [5, 5.41) is 1.04. The van der Waals surface area contributed by atoms with Gasteiger partial charge in [0.25, 0.3) is 0 Å². The van der Waals surface area contributed by atoms with E-state index in [0.717, 1.165) is 27.7 Å². The minimum absolute atomic E-state index is 0.0119. The van der Waals surface area contributed by atoms with Crippen molar-refractivity contribution in [1.29, 1.82) is 0 Å². The first-order chi connectivity index (χ1) is 14.8. The number of halogens is 1. The van der Waals surface area contributed by atoms with Crippen LogP contribution in [0.25, 0.3) is 28.1 Å². The maximum absolute atomic E-state index is 13.5. The highest BCUT2D eigenvalue weighted by Crippen LogP contribution is 2.37. The number of rotatable bonds is 9. The average Bonchev–Trinajstić information content (AvgIpc) is 3.06. The van der Waals surface area contributed by atoms with Crippen LogP contribution in [0.15, 0.2) is 54.6 Å². The van der Waals surface area contributed by atoms with Crippen molar-refractivity contribution in [2.45, 2.75) is 45.8 Å². The fourth-order valence-corrected chi connectivity index (χ4v) is 3.95. The molecule has 162 valence electrons. The molecule has 0 unspecified atom stereocenters. The maximum Gasteiger partial charge on any atom is 0.158 e. The minimum atomic E-state index is -0.429. The van der Waals surface area contributed by atoms with Crippen molar-refractivity contribution in [3.8, 4) is 11.1 Å². The Morgan fingerprint density at radius 2 is 1.74 bits per heavy atom. The molecule has 0 radical (unpaired) electrons. The summed E-state index contributed by atoms with van der Waals surface area (Å²) in [6, 6.07) is 14.6. The van der Waals surface area contributed by atoms with Gasteiger partial charge in [0.2, 0.25) is 0 Å². The van der Waals surface area contributed by atoms with Gasteiger partial charge >= 0.3 is 0 Å². The second kappa shape index (κ2) is 9.84. The Hall–Kier alpha value is -3.05. The number of methoxy groups -OCH3 is 1. The number of allylic oxidation sites excluding steroid dienone is 1. The van der Waals surface area contributed by atoms with Crippen molar-refractivity contribution in [2.24, 2.45) is 0 Å². The van der Waals surface area contributed by atoms with Gasteiger partial charge in [0, 0.05) is 42.5 Å². The normalized spacial score (nSPS) is 12.7. The lowest BCUT2D eigenvalue weighted by molar-refractivity contribution is -0.121. The van der Waals surface area contributed by atoms with E-state index in [9.17, 15) is 14.0 Å². The lowest BCUT2D eigenvalue weighted by Crippen LogP contribution is -2.18. The average molecular weight is 422 g/mol. The highest BCUT2D eigenvalue weighted by atomic mass is 19.1. The van der Waals surface area contributed by atoms with Gasteiger partial charge in [-0.15, -0.1) is 0 Å². The number of Topliss-reactive ketones (excluding diaryl/α,β-unsaturated/α-hetero) is 1. The van der Waals surface area contributed by atoms with Crippen LogP contribution >= 0.6 is 0 Å². The van der Waals surface area contributed by atoms with Gasteiger partial charge in [-0.05, 0) is 56.7 Å². The topological polar surface area (TPSA) is 48.3 Å². The molecule has 3 aromatic rings. The van der Waals surface area contributed by atoms with Crippen molar-refractivity contribution < 1.29 is 18.7 Å². The highest BCUT2D eigenvalue weighted by Gasteiger charge is 2.19. The van der Waals surface area contributed by atoms with Crippen molar-refractivity contribution >= 4 is 28.5 Å². The van der Waals surface area contributed by atoms with E-state index in [-0.39, 0.29) is 36.3 Å². The Morgan fingerprint density at radius 1 is 1.06 bits per heavy atom. The van der Waals surface area contributed by atoms with E-state index in [1.54, 1.807) is 18.2 Å². The summed E-state index contributed by atoms with van der Waals surface area (Å²) < 4.78 is 21.0. The first kappa shape index (κ1) is 22.6. The predicted octanol–water partition coefficient (Wildman–Crippen LogP) is 5.99. The third-order valence-corrected chi connectivity index (χ3v) is 5.30. The number of aromatic nitrogens is 1. The van der Waals surface area contributed by atoms with Crippen molar-refractivity contribution in [2.75, 3.05) is 7.11 Å². The number of hydrogen-bond acceptors (Lipinski definition) is 3. The third kappa shape index (κ3) is 5.17. The smallest absolute Gasteiger partial charge is 0.158 e. The van der Waals surface area contributed by atoms with Gasteiger partial charge in [0.1, 0.15) is 11.6 Å². The first-order valence-corrected chi connectivity index (χ1v) is 10.4. The first-order valence-electron chi connectivity index (χ1n) is 10.4. The molecule has 0 fully saturated rings. The molecule has 4 nitrogen and oxygen atoms in total. The second-order valence-corrected chi connectivity index (χ2v) is 8.02. The van der Waals surface area contributed by atoms with Crippen molar-refractivity contribution in [3.63, 3.8) is 0 Å². The van der Waals surface area contributed by atoms with Crippen LogP contribution in [-0.2, 0) is 14.3 Å². The number of hydrogen-bond donors (Lipinski definition) is 0. The molecule has 0 saturated heterocycles. The second-order valence-electron chi connectivity index (χ2n) is 8.02. The summed E-state index contributed by atoms with van der Waals surface area (Å²) in [4.78, 5) is 24.0. The Labute approximate surface area is 182 Å². The third-order valence-electron chi connectivity index (χ3n) is 5.30. The monoisotopic (exact) mass is 421 g/mol. The van der Waals surface area contributed by atoms with Crippen LogP contribution in [0, 0.1) is 5.82 Å². The van der Waals surface area contributed by atoms with Gasteiger partial charge in [-0.25, -0.2) is 4.39 Å². The Balaban J connectivity index is 2.08. The van der Waals surface area contributed by atoms with Crippen LogP contribution in [0.1, 0.15) is 45.3 Å². The van der Waals surface area contributed by atoms with Crippen LogP contribution in [0.3, 0.4) is 0 Å². The molecule has 1 atom stereocenters. The van der Waals surface area contributed by atoms with E-state index in [1.807, 2.05) is 24.3 Å². The summed E-state index contributed by atoms with van der Waals surface area (Å²) in [7, 11) is 1.51. The lowest BCUT2D eigenvalue weighted by atomic mass is 10.0. The minimum Gasteiger partial charge on any atom is -0.381 e. The highest BCUT2D eigenvalue weighted by molar-refractivity contribution is 6.03. The predicted molar refractivity (Wildman–Crippen MR) is 122 cm³/mol. The summed E-state index contributed by atoms with van der Waals surface area (Å²) >= 11 is 0. The van der Waals surface area contributed by atoms with Gasteiger partial charge < -0.3 is 9.30 Å². The van der Waals surface area contributed by atoms with E-state index < -0.39 is 6.10 Å². The number of ketones is 2. The van der Waals surface area contributed by atoms with Gasteiger partial charge in [-0.1, -0.05) is 30.3 Å². The van der Waals surface area contributed by atoms with Crippen LogP contribution < -0.4 is 0 Å². The molecule has 0 saturated carbocycles. The molecule has 0 aliphatic rings.